The third-order valence-corrected chi connectivity index (χ3v) is 3.40. The molecule has 0 spiro atoms. The first-order chi connectivity index (χ1) is 8.69. The topological polar surface area (TPSA) is 57.0 Å². The van der Waals surface area contributed by atoms with Crippen LogP contribution in [-0.4, -0.2) is 9.55 Å². The van der Waals surface area contributed by atoms with Crippen molar-refractivity contribution in [3.05, 3.63) is 40.6 Å². The van der Waals surface area contributed by atoms with Gasteiger partial charge in [-0.2, -0.15) is 0 Å². The Morgan fingerprint density at radius 3 is 2.83 bits per heavy atom. The third-order valence-electron chi connectivity index (χ3n) is 2.97. The molecule has 5 heteroatoms. The number of hydrogen-bond donors (Lipinski definition) is 1. The predicted octanol–water partition coefficient (Wildman–Crippen LogP) is 3.05. The molecule has 0 aliphatic heterocycles. The molecule has 1 aromatic carbocycles. The number of nitrogens with two attached hydrogens (primary N) is 1. The first kappa shape index (κ1) is 11.5. The zero-order valence-electron chi connectivity index (χ0n) is 9.85. The van der Waals surface area contributed by atoms with E-state index in [9.17, 15) is 0 Å². The van der Waals surface area contributed by atoms with Gasteiger partial charge in [0.1, 0.15) is 0 Å². The van der Waals surface area contributed by atoms with Crippen molar-refractivity contribution >= 4 is 27.0 Å². The number of imidazole rings is 1. The van der Waals surface area contributed by atoms with Gasteiger partial charge in [0.05, 0.1) is 11.0 Å². The molecule has 0 aliphatic carbocycles. The molecule has 3 rings (SSSR count). The standard InChI is InChI=1S/C13H12BrN3O/c1-17-10-6-8(7-15)2-3-9(10)16-13(17)11-4-5-12(14)18-11/h2-6H,7,15H2,1H3. The zero-order valence-corrected chi connectivity index (χ0v) is 11.4. The Morgan fingerprint density at radius 1 is 1.33 bits per heavy atom. The fraction of sp³-hybridized carbons (Fsp3) is 0.154. The van der Waals surface area contributed by atoms with Crippen LogP contribution in [0.1, 0.15) is 5.56 Å². The summed E-state index contributed by atoms with van der Waals surface area (Å²) in [5.41, 5.74) is 8.75. The van der Waals surface area contributed by atoms with E-state index in [4.69, 9.17) is 10.2 Å². The van der Waals surface area contributed by atoms with Gasteiger partial charge in [-0.25, -0.2) is 4.98 Å². The molecule has 92 valence electrons. The van der Waals surface area contributed by atoms with Crippen molar-refractivity contribution < 1.29 is 4.42 Å². The summed E-state index contributed by atoms with van der Waals surface area (Å²) in [6, 6.07) is 9.80. The van der Waals surface area contributed by atoms with E-state index in [-0.39, 0.29) is 0 Å². The van der Waals surface area contributed by atoms with Gasteiger partial charge in [-0.15, -0.1) is 0 Å². The van der Waals surface area contributed by atoms with Crippen molar-refractivity contribution in [1.29, 1.82) is 0 Å². The highest BCUT2D eigenvalue weighted by Gasteiger charge is 2.13. The molecule has 0 aliphatic rings. The first-order valence-corrected chi connectivity index (χ1v) is 6.39. The second-order valence-corrected chi connectivity index (χ2v) is 4.91. The minimum atomic E-state index is 0.531. The van der Waals surface area contributed by atoms with Crippen LogP contribution < -0.4 is 5.73 Å². The summed E-state index contributed by atoms with van der Waals surface area (Å²) in [5, 5.41) is 0. The van der Waals surface area contributed by atoms with Crippen LogP contribution in [0.25, 0.3) is 22.6 Å². The van der Waals surface area contributed by atoms with Crippen molar-refractivity contribution in [2.24, 2.45) is 12.8 Å². The molecular formula is C13H12BrN3O. The molecule has 0 amide bonds. The van der Waals surface area contributed by atoms with Crippen molar-refractivity contribution in [3.8, 4) is 11.6 Å². The number of furan rings is 1. The maximum atomic E-state index is 5.66. The van der Waals surface area contributed by atoms with Crippen molar-refractivity contribution in [1.82, 2.24) is 9.55 Å². The number of fused-ring (bicyclic) bond motifs is 1. The third kappa shape index (κ3) is 1.76. The van der Waals surface area contributed by atoms with Crippen molar-refractivity contribution in [2.75, 3.05) is 0 Å². The minimum Gasteiger partial charge on any atom is -0.446 e. The van der Waals surface area contributed by atoms with Gasteiger partial charge < -0.3 is 14.7 Å². The maximum Gasteiger partial charge on any atom is 0.177 e. The molecule has 0 radical (unpaired) electrons. The smallest absolute Gasteiger partial charge is 0.177 e. The Labute approximate surface area is 113 Å². The van der Waals surface area contributed by atoms with Gasteiger partial charge in [-0.05, 0) is 45.8 Å². The van der Waals surface area contributed by atoms with Crippen molar-refractivity contribution in [2.45, 2.75) is 6.54 Å². The molecule has 0 atom stereocenters. The molecular weight excluding hydrogens is 294 g/mol. The lowest BCUT2D eigenvalue weighted by Crippen LogP contribution is -1.96. The number of halogens is 1. The van der Waals surface area contributed by atoms with Crippen LogP contribution in [-0.2, 0) is 13.6 Å². The normalized spacial score (nSPS) is 11.3. The zero-order chi connectivity index (χ0) is 12.7. The van der Waals surface area contributed by atoms with E-state index in [1.165, 1.54) is 0 Å². The molecule has 18 heavy (non-hydrogen) atoms. The largest absolute Gasteiger partial charge is 0.446 e. The van der Waals surface area contributed by atoms with E-state index in [2.05, 4.69) is 27.0 Å². The second kappa shape index (κ2) is 4.26. The molecule has 2 aromatic heterocycles. The summed E-state index contributed by atoms with van der Waals surface area (Å²) < 4.78 is 8.26. The number of aryl methyl sites for hydroxylation is 1. The predicted molar refractivity (Wildman–Crippen MR) is 74.0 cm³/mol. The van der Waals surface area contributed by atoms with E-state index in [0.29, 0.717) is 11.2 Å². The molecule has 0 saturated heterocycles. The van der Waals surface area contributed by atoms with E-state index in [1.54, 1.807) is 0 Å². The van der Waals surface area contributed by atoms with E-state index < -0.39 is 0 Å². The highest BCUT2D eigenvalue weighted by molar-refractivity contribution is 9.10. The minimum absolute atomic E-state index is 0.531. The lowest BCUT2D eigenvalue weighted by molar-refractivity contribution is 0.549. The Hall–Kier alpha value is -1.59. The fourth-order valence-electron chi connectivity index (χ4n) is 2.02. The number of hydrogen-bond acceptors (Lipinski definition) is 3. The van der Waals surface area contributed by atoms with E-state index in [0.717, 1.165) is 28.2 Å². The Morgan fingerprint density at radius 2 is 2.17 bits per heavy atom. The van der Waals surface area contributed by atoms with E-state index >= 15 is 0 Å². The maximum absolute atomic E-state index is 5.66. The van der Waals surface area contributed by atoms with Crippen LogP contribution in [0.2, 0.25) is 0 Å². The van der Waals surface area contributed by atoms with Gasteiger partial charge in [0, 0.05) is 13.6 Å². The molecule has 0 bridgehead atoms. The highest BCUT2D eigenvalue weighted by atomic mass is 79.9. The quantitative estimate of drug-likeness (QED) is 0.791. The molecule has 0 fully saturated rings. The molecule has 2 heterocycles. The van der Waals surface area contributed by atoms with Crippen LogP contribution in [0.15, 0.2) is 39.4 Å². The number of aromatic nitrogens is 2. The Kier molecular flexibility index (Phi) is 2.72. The summed E-state index contributed by atoms with van der Waals surface area (Å²) in [5.74, 6) is 1.56. The molecule has 2 N–H and O–H groups in total. The molecule has 0 unspecified atom stereocenters. The second-order valence-electron chi connectivity index (χ2n) is 4.13. The van der Waals surface area contributed by atoms with Crippen LogP contribution in [0.3, 0.4) is 0 Å². The lowest BCUT2D eigenvalue weighted by Gasteiger charge is -2.00. The van der Waals surface area contributed by atoms with Crippen LogP contribution in [0, 0.1) is 0 Å². The summed E-state index contributed by atoms with van der Waals surface area (Å²) >= 11 is 3.30. The van der Waals surface area contributed by atoms with Gasteiger partial charge in [0.2, 0.25) is 0 Å². The summed E-state index contributed by atoms with van der Waals surface area (Å²) in [6.07, 6.45) is 0. The Balaban J connectivity index is 2.22. The van der Waals surface area contributed by atoms with Gasteiger partial charge in [0.25, 0.3) is 0 Å². The summed E-state index contributed by atoms with van der Waals surface area (Å²) in [6.45, 7) is 0.531. The van der Waals surface area contributed by atoms with Crippen LogP contribution in [0.5, 0.6) is 0 Å². The van der Waals surface area contributed by atoms with Gasteiger partial charge in [-0.1, -0.05) is 6.07 Å². The van der Waals surface area contributed by atoms with E-state index in [1.807, 2.05) is 35.9 Å². The van der Waals surface area contributed by atoms with Crippen LogP contribution >= 0.6 is 15.9 Å². The SMILES string of the molecule is Cn1c(-c2ccc(Br)o2)nc2ccc(CN)cc21. The number of rotatable bonds is 2. The first-order valence-electron chi connectivity index (χ1n) is 5.60. The Bertz CT molecular complexity index is 714. The monoisotopic (exact) mass is 305 g/mol. The van der Waals surface area contributed by atoms with Crippen molar-refractivity contribution in [3.63, 3.8) is 0 Å². The fourth-order valence-corrected chi connectivity index (χ4v) is 2.32. The van der Waals surface area contributed by atoms with Crippen LogP contribution in [0.4, 0.5) is 0 Å². The molecule has 0 saturated carbocycles. The molecule has 3 aromatic rings. The summed E-state index contributed by atoms with van der Waals surface area (Å²) in [4.78, 5) is 4.58. The summed E-state index contributed by atoms with van der Waals surface area (Å²) in [7, 11) is 1.97. The lowest BCUT2D eigenvalue weighted by atomic mass is 10.2. The average molecular weight is 306 g/mol. The van der Waals surface area contributed by atoms with Gasteiger partial charge >= 0.3 is 0 Å². The average Bonchev–Trinajstić information content (AvgIpc) is 2.94. The molecule has 4 nitrogen and oxygen atoms in total. The number of benzene rings is 1. The van der Waals surface area contributed by atoms with Gasteiger partial charge in [-0.3, -0.25) is 0 Å². The number of nitrogens with zero attached hydrogens (tertiary/aromatic N) is 2. The highest BCUT2D eigenvalue weighted by Crippen LogP contribution is 2.27. The van der Waals surface area contributed by atoms with Gasteiger partial charge in [0.15, 0.2) is 16.3 Å².